The molecule has 3 nitrogen and oxygen atoms in total. The van der Waals surface area contributed by atoms with Crippen LogP contribution in [0.4, 0.5) is 5.69 Å². The number of amides is 1. The summed E-state index contributed by atoms with van der Waals surface area (Å²) < 4.78 is 5.78. The van der Waals surface area contributed by atoms with E-state index in [2.05, 4.69) is 29.6 Å². The average molecular weight is 311 g/mol. The van der Waals surface area contributed by atoms with Crippen LogP contribution in [0, 0.1) is 5.41 Å². The van der Waals surface area contributed by atoms with Crippen LogP contribution >= 0.6 is 0 Å². The molecule has 0 saturated heterocycles. The highest BCUT2D eigenvalue weighted by atomic mass is 16.5. The van der Waals surface area contributed by atoms with Crippen LogP contribution in [0.3, 0.4) is 0 Å². The Balaban J connectivity index is 1.82. The van der Waals surface area contributed by atoms with Crippen LogP contribution in [-0.2, 0) is 11.2 Å². The van der Waals surface area contributed by atoms with Gasteiger partial charge < -0.3 is 10.1 Å². The number of carbonyl (C=O) groups is 1. The molecule has 0 fully saturated rings. The van der Waals surface area contributed by atoms with E-state index in [-0.39, 0.29) is 5.91 Å². The highest BCUT2D eigenvalue weighted by Crippen LogP contribution is 2.21. The number of aryl methyl sites for hydroxylation is 1. The standard InChI is InChI=1S/C20H25NO2/c1-20(2,3)19(22)21-17-12-7-13-18(15-17)23-14-8-11-16-9-5-4-6-10-16/h4-7,9-10,12-13,15H,8,11,14H2,1-3H3,(H,21,22). The van der Waals surface area contributed by atoms with Crippen LogP contribution in [-0.4, -0.2) is 12.5 Å². The second kappa shape index (κ2) is 7.82. The van der Waals surface area contributed by atoms with Gasteiger partial charge in [-0.3, -0.25) is 4.79 Å². The van der Waals surface area contributed by atoms with E-state index in [1.807, 2.05) is 51.1 Å². The average Bonchev–Trinajstić information content (AvgIpc) is 2.52. The smallest absolute Gasteiger partial charge is 0.229 e. The molecule has 23 heavy (non-hydrogen) atoms. The Bertz CT molecular complexity index is 630. The summed E-state index contributed by atoms with van der Waals surface area (Å²) in [6.45, 7) is 6.34. The van der Waals surface area contributed by atoms with Crippen molar-refractivity contribution >= 4 is 11.6 Å². The molecule has 1 N–H and O–H groups in total. The van der Waals surface area contributed by atoms with Gasteiger partial charge in [0.05, 0.1) is 6.61 Å². The van der Waals surface area contributed by atoms with Crippen LogP contribution in [0.2, 0.25) is 0 Å². The third kappa shape index (κ3) is 5.78. The van der Waals surface area contributed by atoms with Gasteiger partial charge in [-0.25, -0.2) is 0 Å². The first-order chi connectivity index (χ1) is 10.9. The van der Waals surface area contributed by atoms with Gasteiger partial charge >= 0.3 is 0 Å². The molecule has 0 atom stereocenters. The number of ether oxygens (including phenoxy) is 1. The van der Waals surface area contributed by atoms with E-state index in [1.54, 1.807) is 0 Å². The van der Waals surface area contributed by atoms with Crippen LogP contribution in [0.25, 0.3) is 0 Å². The second-order valence-corrected chi connectivity index (χ2v) is 6.67. The lowest BCUT2D eigenvalue weighted by Gasteiger charge is -2.18. The fourth-order valence-electron chi connectivity index (χ4n) is 2.09. The summed E-state index contributed by atoms with van der Waals surface area (Å²) in [7, 11) is 0. The molecule has 0 saturated carbocycles. The molecule has 2 aromatic carbocycles. The zero-order valence-corrected chi connectivity index (χ0v) is 14.1. The van der Waals surface area contributed by atoms with Crippen LogP contribution in [0.15, 0.2) is 54.6 Å². The fourth-order valence-corrected chi connectivity index (χ4v) is 2.09. The molecule has 2 aromatic rings. The molecule has 0 spiro atoms. The zero-order valence-electron chi connectivity index (χ0n) is 14.1. The fraction of sp³-hybridized carbons (Fsp3) is 0.350. The van der Waals surface area contributed by atoms with Crippen molar-refractivity contribution < 1.29 is 9.53 Å². The summed E-state index contributed by atoms with van der Waals surface area (Å²) in [4.78, 5) is 12.0. The molecule has 1 amide bonds. The normalized spacial score (nSPS) is 11.1. The lowest BCUT2D eigenvalue weighted by atomic mass is 9.95. The van der Waals surface area contributed by atoms with Gasteiger partial charge in [-0.1, -0.05) is 57.2 Å². The third-order valence-corrected chi connectivity index (χ3v) is 3.49. The predicted octanol–water partition coefficient (Wildman–Crippen LogP) is 4.68. The van der Waals surface area contributed by atoms with E-state index >= 15 is 0 Å². The minimum Gasteiger partial charge on any atom is -0.494 e. The van der Waals surface area contributed by atoms with Crippen molar-refractivity contribution in [2.75, 3.05) is 11.9 Å². The highest BCUT2D eigenvalue weighted by Gasteiger charge is 2.21. The summed E-state index contributed by atoms with van der Waals surface area (Å²) >= 11 is 0. The van der Waals surface area contributed by atoms with Crippen LogP contribution in [0.5, 0.6) is 5.75 Å². The minimum atomic E-state index is -0.410. The Kier molecular flexibility index (Phi) is 5.80. The molecule has 3 heteroatoms. The molecule has 122 valence electrons. The Hall–Kier alpha value is -2.29. The number of hydrogen-bond donors (Lipinski definition) is 1. The van der Waals surface area contributed by atoms with Crippen molar-refractivity contribution in [3.63, 3.8) is 0 Å². The maximum Gasteiger partial charge on any atom is 0.229 e. The number of anilines is 1. The van der Waals surface area contributed by atoms with E-state index in [0.29, 0.717) is 6.61 Å². The van der Waals surface area contributed by atoms with E-state index in [0.717, 1.165) is 24.3 Å². The number of benzene rings is 2. The monoisotopic (exact) mass is 311 g/mol. The summed E-state index contributed by atoms with van der Waals surface area (Å²) in [6.07, 6.45) is 1.96. The molecule has 0 aliphatic carbocycles. The molecular formula is C20H25NO2. The first-order valence-electron chi connectivity index (χ1n) is 8.03. The molecule has 0 aliphatic rings. The van der Waals surface area contributed by atoms with Crippen molar-refractivity contribution in [1.29, 1.82) is 0 Å². The Morgan fingerprint density at radius 2 is 1.78 bits per heavy atom. The van der Waals surface area contributed by atoms with E-state index in [4.69, 9.17) is 4.74 Å². The first kappa shape index (κ1) is 17.1. The number of rotatable bonds is 6. The van der Waals surface area contributed by atoms with E-state index in [9.17, 15) is 4.79 Å². The largest absolute Gasteiger partial charge is 0.494 e. The van der Waals surface area contributed by atoms with Crippen molar-refractivity contribution in [3.05, 3.63) is 60.2 Å². The Morgan fingerprint density at radius 1 is 1.04 bits per heavy atom. The van der Waals surface area contributed by atoms with Gasteiger partial charge in [0.25, 0.3) is 0 Å². The molecule has 2 rings (SSSR count). The first-order valence-corrected chi connectivity index (χ1v) is 8.03. The SMILES string of the molecule is CC(C)(C)C(=O)Nc1cccc(OCCCc2ccccc2)c1. The van der Waals surface area contributed by atoms with Gasteiger partial charge in [-0.15, -0.1) is 0 Å². The molecular weight excluding hydrogens is 286 g/mol. The number of hydrogen-bond acceptors (Lipinski definition) is 2. The van der Waals surface area contributed by atoms with Gasteiger partial charge in [0.1, 0.15) is 5.75 Å². The zero-order chi connectivity index (χ0) is 16.7. The summed E-state index contributed by atoms with van der Waals surface area (Å²) in [6, 6.07) is 17.9. The lowest BCUT2D eigenvalue weighted by molar-refractivity contribution is -0.123. The third-order valence-electron chi connectivity index (χ3n) is 3.49. The molecule has 0 unspecified atom stereocenters. The predicted molar refractivity (Wildman–Crippen MR) is 94.8 cm³/mol. The van der Waals surface area contributed by atoms with Gasteiger partial charge in [0.15, 0.2) is 0 Å². The van der Waals surface area contributed by atoms with E-state index in [1.165, 1.54) is 5.56 Å². The van der Waals surface area contributed by atoms with Crippen LogP contribution < -0.4 is 10.1 Å². The molecule has 0 aromatic heterocycles. The topological polar surface area (TPSA) is 38.3 Å². The van der Waals surface area contributed by atoms with Crippen molar-refractivity contribution in [2.24, 2.45) is 5.41 Å². The van der Waals surface area contributed by atoms with E-state index < -0.39 is 5.41 Å². The number of nitrogens with one attached hydrogen (secondary N) is 1. The summed E-state index contributed by atoms with van der Waals surface area (Å²) in [5.41, 5.74) is 1.68. The van der Waals surface area contributed by atoms with Gasteiger partial charge in [0, 0.05) is 17.2 Å². The minimum absolute atomic E-state index is 0.00118. The summed E-state index contributed by atoms with van der Waals surface area (Å²) in [5.74, 6) is 0.781. The van der Waals surface area contributed by atoms with Gasteiger partial charge in [-0.2, -0.15) is 0 Å². The van der Waals surface area contributed by atoms with Crippen molar-refractivity contribution in [1.82, 2.24) is 0 Å². The van der Waals surface area contributed by atoms with Gasteiger partial charge in [0.2, 0.25) is 5.91 Å². The second-order valence-electron chi connectivity index (χ2n) is 6.67. The summed E-state index contributed by atoms with van der Waals surface area (Å²) in [5, 5.41) is 2.92. The molecule has 0 aliphatic heterocycles. The van der Waals surface area contributed by atoms with Crippen molar-refractivity contribution in [2.45, 2.75) is 33.6 Å². The maximum absolute atomic E-state index is 12.0. The van der Waals surface area contributed by atoms with Crippen LogP contribution in [0.1, 0.15) is 32.8 Å². The Morgan fingerprint density at radius 3 is 2.48 bits per heavy atom. The molecule has 0 heterocycles. The van der Waals surface area contributed by atoms with Crippen molar-refractivity contribution in [3.8, 4) is 5.75 Å². The highest BCUT2D eigenvalue weighted by molar-refractivity contribution is 5.94. The molecule has 0 radical (unpaired) electrons. The lowest BCUT2D eigenvalue weighted by Crippen LogP contribution is -2.27. The number of carbonyl (C=O) groups excluding carboxylic acids is 1. The van der Waals surface area contributed by atoms with Gasteiger partial charge in [-0.05, 0) is 30.5 Å². The maximum atomic E-state index is 12.0. The Labute approximate surface area is 138 Å². The quantitative estimate of drug-likeness (QED) is 0.786. The molecule has 0 bridgehead atoms.